The van der Waals surface area contributed by atoms with E-state index in [2.05, 4.69) is 19.2 Å². The molecule has 0 unspecified atom stereocenters. The lowest BCUT2D eigenvalue weighted by Crippen LogP contribution is -2.22. The van der Waals surface area contributed by atoms with Crippen LogP contribution >= 0.6 is 23.4 Å². The van der Waals surface area contributed by atoms with Gasteiger partial charge in [0.25, 0.3) is 0 Å². The fourth-order valence-electron chi connectivity index (χ4n) is 1.78. The highest BCUT2D eigenvalue weighted by Gasteiger charge is 2.11. The van der Waals surface area contributed by atoms with Crippen LogP contribution < -0.4 is 5.32 Å². The van der Waals surface area contributed by atoms with E-state index in [1.54, 1.807) is 12.1 Å². The second-order valence-electron chi connectivity index (χ2n) is 4.94. The molecule has 5 heteroatoms. The molecule has 0 aromatic heterocycles. The minimum Gasteiger partial charge on any atom is -0.310 e. The summed E-state index contributed by atoms with van der Waals surface area (Å²) in [6.45, 7) is 4.80. The maximum atomic E-state index is 13.3. The monoisotopic (exact) mass is 327 g/mol. The van der Waals surface area contributed by atoms with Crippen molar-refractivity contribution in [3.8, 4) is 0 Å². The van der Waals surface area contributed by atoms with E-state index in [4.69, 9.17) is 11.6 Å². The van der Waals surface area contributed by atoms with Crippen LogP contribution in [-0.2, 0) is 6.54 Å². The van der Waals surface area contributed by atoms with Gasteiger partial charge < -0.3 is 5.32 Å². The first-order chi connectivity index (χ1) is 9.97. The van der Waals surface area contributed by atoms with Crippen molar-refractivity contribution in [3.05, 3.63) is 58.6 Å². The summed E-state index contributed by atoms with van der Waals surface area (Å²) >= 11 is 7.59. The van der Waals surface area contributed by atoms with Crippen molar-refractivity contribution >= 4 is 23.4 Å². The highest BCUT2D eigenvalue weighted by molar-refractivity contribution is 7.99. The van der Waals surface area contributed by atoms with Gasteiger partial charge in [-0.2, -0.15) is 0 Å². The van der Waals surface area contributed by atoms with Gasteiger partial charge in [0.15, 0.2) is 11.6 Å². The fraction of sp³-hybridized carbons (Fsp3) is 0.250. The summed E-state index contributed by atoms with van der Waals surface area (Å²) in [6.07, 6.45) is 0. The largest absolute Gasteiger partial charge is 0.310 e. The van der Waals surface area contributed by atoms with E-state index >= 15 is 0 Å². The Hall–Kier alpha value is -1.10. The fourth-order valence-corrected chi connectivity index (χ4v) is 3.06. The molecule has 21 heavy (non-hydrogen) atoms. The van der Waals surface area contributed by atoms with Crippen molar-refractivity contribution in [1.29, 1.82) is 0 Å². The minimum absolute atomic E-state index is 0.352. The first-order valence-electron chi connectivity index (χ1n) is 6.61. The molecular formula is C16H16ClF2NS. The van der Waals surface area contributed by atoms with Gasteiger partial charge in [-0.15, -0.1) is 0 Å². The maximum Gasteiger partial charge on any atom is 0.159 e. The third-order valence-corrected chi connectivity index (χ3v) is 4.46. The quantitative estimate of drug-likeness (QED) is 0.803. The normalized spacial score (nSPS) is 11.1. The molecule has 0 aliphatic rings. The van der Waals surface area contributed by atoms with Gasteiger partial charge in [-0.1, -0.05) is 49.3 Å². The number of halogens is 3. The molecule has 112 valence electrons. The third-order valence-electron chi connectivity index (χ3n) is 2.86. The van der Waals surface area contributed by atoms with Gasteiger partial charge in [0.1, 0.15) is 0 Å². The Balaban J connectivity index is 2.27. The maximum absolute atomic E-state index is 13.3. The van der Waals surface area contributed by atoms with Crippen LogP contribution in [0.1, 0.15) is 19.4 Å². The molecule has 0 fully saturated rings. The van der Waals surface area contributed by atoms with Gasteiger partial charge in [-0.05, 0) is 29.8 Å². The molecule has 0 aliphatic carbocycles. The van der Waals surface area contributed by atoms with E-state index < -0.39 is 11.6 Å². The standard InChI is InChI=1S/C16H16ClF2NS/c1-10(2)20-9-11-4-3-5-13(17)16(11)21-12-6-7-14(18)15(19)8-12/h3-8,10,20H,9H2,1-2H3. The summed E-state index contributed by atoms with van der Waals surface area (Å²) < 4.78 is 26.3. The molecule has 0 saturated carbocycles. The van der Waals surface area contributed by atoms with Crippen molar-refractivity contribution in [3.63, 3.8) is 0 Å². The van der Waals surface area contributed by atoms with Crippen molar-refractivity contribution in [2.24, 2.45) is 0 Å². The van der Waals surface area contributed by atoms with Crippen LogP contribution in [0.4, 0.5) is 8.78 Å². The van der Waals surface area contributed by atoms with Crippen LogP contribution in [0.25, 0.3) is 0 Å². The van der Waals surface area contributed by atoms with Gasteiger partial charge in [0, 0.05) is 22.4 Å². The van der Waals surface area contributed by atoms with E-state index in [1.807, 2.05) is 12.1 Å². The van der Waals surface area contributed by atoms with E-state index in [9.17, 15) is 8.78 Å². The number of hydrogen-bond donors (Lipinski definition) is 1. The molecule has 0 heterocycles. The molecule has 0 aliphatic heterocycles. The first-order valence-corrected chi connectivity index (χ1v) is 7.80. The molecule has 2 aromatic rings. The Morgan fingerprint density at radius 2 is 1.90 bits per heavy atom. The molecule has 0 amide bonds. The van der Waals surface area contributed by atoms with Gasteiger partial charge in [-0.3, -0.25) is 0 Å². The molecule has 0 bridgehead atoms. The summed E-state index contributed by atoms with van der Waals surface area (Å²) in [5.41, 5.74) is 1.03. The molecule has 1 N–H and O–H groups in total. The second kappa shape index (κ2) is 7.25. The van der Waals surface area contributed by atoms with Crippen LogP contribution in [-0.4, -0.2) is 6.04 Å². The van der Waals surface area contributed by atoms with Crippen LogP contribution in [0.2, 0.25) is 5.02 Å². The third kappa shape index (κ3) is 4.43. The SMILES string of the molecule is CC(C)NCc1cccc(Cl)c1Sc1ccc(F)c(F)c1. The van der Waals surface area contributed by atoms with Gasteiger partial charge in [0.05, 0.1) is 5.02 Å². The van der Waals surface area contributed by atoms with Gasteiger partial charge in [-0.25, -0.2) is 8.78 Å². The molecule has 2 aromatic carbocycles. The van der Waals surface area contributed by atoms with E-state index in [0.717, 1.165) is 16.5 Å². The number of rotatable bonds is 5. The van der Waals surface area contributed by atoms with Crippen molar-refractivity contribution in [1.82, 2.24) is 5.32 Å². The summed E-state index contributed by atoms with van der Waals surface area (Å²) in [5.74, 6) is -1.70. The lowest BCUT2D eigenvalue weighted by atomic mass is 10.2. The first kappa shape index (κ1) is 16.3. The lowest BCUT2D eigenvalue weighted by Gasteiger charge is -2.14. The molecule has 0 radical (unpaired) electrons. The zero-order valence-electron chi connectivity index (χ0n) is 11.8. The molecule has 2 rings (SSSR count). The van der Waals surface area contributed by atoms with Crippen LogP contribution in [0.5, 0.6) is 0 Å². The zero-order valence-corrected chi connectivity index (χ0v) is 13.4. The van der Waals surface area contributed by atoms with Crippen molar-refractivity contribution in [2.45, 2.75) is 36.2 Å². The van der Waals surface area contributed by atoms with Crippen LogP contribution in [0, 0.1) is 11.6 Å². The van der Waals surface area contributed by atoms with Gasteiger partial charge >= 0.3 is 0 Å². The topological polar surface area (TPSA) is 12.0 Å². The minimum atomic E-state index is -0.853. The van der Waals surface area contributed by atoms with E-state index in [0.29, 0.717) is 22.5 Å². The summed E-state index contributed by atoms with van der Waals surface area (Å²) in [7, 11) is 0. The summed E-state index contributed by atoms with van der Waals surface area (Å²) in [5, 5.41) is 3.93. The summed E-state index contributed by atoms with van der Waals surface area (Å²) in [6, 6.07) is 9.86. The van der Waals surface area contributed by atoms with Crippen molar-refractivity contribution in [2.75, 3.05) is 0 Å². The lowest BCUT2D eigenvalue weighted by molar-refractivity contribution is 0.506. The van der Waals surface area contributed by atoms with E-state index in [-0.39, 0.29) is 0 Å². The number of hydrogen-bond acceptors (Lipinski definition) is 2. The Morgan fingerprint density at radius 1 is 1.14 bits per heavy atom. The Bertz CT molecular complexity index is 632. The van der Waals surface area contributed by atoms with Gasteiger partial charge in [0.2, 0.25) is 0 Å². The average Bonchev–Trinajstić information content (AvgIpc) is 2.43. The summed E-state index contributed by atoms with van der Waals surface area (Å²) in [4.78, 5) is 1.48. The molecule has 0 saturated heterocycles. The average molecular weight is 328 g/mol. The Kier molecular flexibility index (Phi) is 5.62. The van der Waals surface area contributed by atoms with Crippen LogP contribution in [0.15, 0.2) is 46.2 Å². The predicted molar refractivity (Wildman–Crippen MR) is 83.9 cm³/mol. The zero-order chi connectivity index (χ0) is 15.4. The van der Waals surface area contributed by atoms with Crippen molar-refractivity contribution < 1.29 is 8.78 Å². The number of benzene rings is 2. The van der Waals surface area contributed by atoms with E-state index in [1.165, 1.54) is 17.8 Å². The molecule has 0 spiro atoms. The predicted octanol–water partition coefficient (Wildman–Crippen LogP) is 5.27. The Labute approximate surface area is 132 Å². The molecular weight excluding hydrogens is 312 g/mol. The molecule has 1 nitrogen and oxygen atoms in total. The Morgan fingerprint density at radius 3 is 2.57 bits per heavy atom. The number of nitrogens with one attached hydrogen (secondary N) is 1. The highest BCUT2D eigenvalue weighted by Crippen LogP contribution is 2.36. The van der Waals surface area contributed by atoms with Crippen LogP contribution in [0.3, 0.4) is 0 Å². The highest BCUT2D eigenvalue weighted by atomic mass is 35.5. The molecule has 0 atom stereocenters. The smallest absolute Gasteiger partial charge is 0.159 e. The second-order valence-corrected chi connectivity index (χ2v) is 6.43.